The van der Waals surface area contributed by atoms with Crippen LogP contribution >= 0.6 is 0 Å². The van der Waals surface area contributed by atoms with Gasteiger partial charge in [0.25, 0.3) is 5.91 Å². The molecule has 0 bridgehead atoms. The minimum Gasteiger partial charge on any atom is -0.326 e. The van der Waals surface area contributed by atoms with Gasteiger partial charge in [-0.05, 0) is 30.2 Å². The number of rotatable bonds is 2. The first kappa shape index (κ1) is 12.8. The summed E-state index contributed by atoms with van der Waals surface area (Å²) in [6, 6.07) is 12.3. The molecule has 0 spiro atoms. The van der Waals surface area contributed by atoms with Gasteiger partial charge in [-0.3, -0.25) is 4.79 Å². The lowest BCUT2D eigenvalue weighted by Crippen LogP contribution is -2.38. The van der Waals surface area contributed by atoms with Gasteiger partial charge < -0.3 is 10.6 Å². The topological polar surface area (TPSA) is 46.3 Å². The maximum Gasteiger partial charge on any atom is 0.258 e. The summed E-state index contributed by atoms with van der Waals surface area (Å²) in [6.45, 7) is 0.625. The smallest absolute Gasteiger partial charge is 0.258 e. The Hall–Kier alpha value is -2.20. The molecule has 1 aliphatic rings. The first-order chi connectivity index (χ1) is 9.72. The lowest BCUT2D eigenvalue weighted by atomic mass is 9.98. The molecule has 0 saturated carbocycles. The number of anilines is 1. The molecular weight excluding hydrogens is 255 g/mol. The van der Waals surface area contributed by atoms with Gasteiger partial charge in [0.2, 0.25) is 0 Å². The number of hydrogen-bond acceptors (Lipinski definition) is 2. The number of nitrogens with zero attached hydrogens (tertiary/aromatic N) is 1. The number of fused-ring (bicyclic) bond motifs is 1. The van der Waals surface area contributed by atoms with Gasteiger partial charge in [-0.15, -0.1) is 0 Å². The van der Waals surface area contributed by atoms with Crippen LogP contribution in [0.3, 0.4) is 0 Å². The lowest BCUT2D eigenvalue weighted by molar-refractivity contribution is 0.0980. The molecule has 0 radical (unpaired) electrons. The summed E-state index contributed by atoms with van der Waals surface area (Å²) in [5, 5.41) is 0. The van der Waals surface area contributed by atoms with Gasteiger partial charge in [0, 0.05) is 24.2 Å². The molecule has 3 nitrogen and oxygen atoms in total. The fourth-order valence-corrected chi connectivity index (χ4v) is 2.66. The number of nitrogens with two attached hydrogens (primary N) is 1. The second kappa shape index (κ2) is 5.06. The zero-order valence-electron chi connectivity index (χ0n) is 11.0. The molecule has 0 aliphatic carbocycles. The van der Waals surface area contributed by atoms with Crippen molar-refractivity contribution in [2.75, 3.05) is 11.4 Å². The summed E-state index contributed by atoms with van der Waals surface area (Å²) in [4.78, 5) is 14.2. The van der Waals surface area contributed by atoms with E-state index in [0.29, 0.717) is 23.4 Å². The largest absolute Gasteiger partial charge is 0.326 e. The zero-order chi connectivity index (χ0) is 14.1. The van der Waals surface area contributed by atoms with Crippen molar-refractivity contribution in [3.63, 3.8) is 0 Å². The zero-order valence-corrected chi connectivity index (χ0v) is 11.0. The van der Waals surface area contributed by atoms with Crippen molar-refractivity contribution >= 4 is 11.6 Å². The van der Waals surface area contributed by atoms with Crippen LogP contribution in [0.2, 0.25) is 0 Å². The van der Waals surface area contributed by atoms with Crippen LogP contribution in [0, 0.1) is 5.82 Å². The van der Waals surface area contributed by atoms with Crippen LogP contribution in [0.5, 0.6) is 0 Å². The Kier molecular flexibility index (Phi) is 3.24. The molecule has 0 aromatic heterocycles. The molecular formula is C16H15FN2O. The highest BCUT2D eigenvalue weighted by Crippen LogP contribution is 2.28. The molecule has 20 heavy (non-hydrogen) atoms. The number of carbonyl (C=O) groups is 1. The SMILES string of the molecule is NCc1c(F)cccc1N1CCc2ccccc2C1=O. The molecule has 0 fully saturated rings. The van der Waals surface area contributed by atoms with E-state index in [0.717, 1.165) is 12.0 Å². The van der Waals surface area contributed by atoms with Crippen LogP contribution in [0.25, 0.3) is 0 Å². The molecule has 1 amide bonds. The number of hydrogen-bond donors (Lipinski definition) is 1. The molecule has 3 rings (SSSR count). The van der Waals surface area contributed by atoms with Crippen molar-refractivity contribution < 1.29 is 9.18 Å². The molecule has 2 aromatic carbocycles. The average molecular weight is 270 g/mol. The molecule has 1 aliphatic heterocycles. The molecule has 0 unspecified atom stereocenters. The van der Waals surface area contributed by atoms with Crippen LogP contribution in [0.15, 0.2) is 42.5 Å². The van der Waals surface area contributed by atoms with Gasteiger partial charge >= 0.3 is 0 Å². The van der Waals surface area contributed by atoms with Crippen LogP contribution in [0.4, 0.5) is 10.1 Å². The van der Waals surface area contributed by atoms with Gasteiger partial charge in [-0.2, -0.15) is 0 Å². The Morgan fingerprint density at radius 3 is 2.75 bits per heavy atom. The molecule has 2 aromatic rings. The van der Waals surface area contributed by atoms with E-state index in [4.69, 9.17) is 5.73 Å². The van der Waals surface area contributed by atoms with E-state index in [1.54, 1.807) is 17.0 Å². The summed E-state index contributed by atoms with van der Waals surface area (Å²) >= 11 is 0. The maximum absolute atomic E-state index is 13.8. The van der Waals surface area contributed by atoms with E-state index < -0.39 is 0 Å². The van der Waals surface area contributed by atoms with Gasteiger partial charge in [0.1, 0.15) is 5.82 Å². The first-order valence-corrected chi connectivity index (χ1v) is 6.59. The molecule has 1 heterocycles. The van der Waals surface area contributed by atoms with Crippen molar-refractivity contribution in [3.8, 4) is 0 Å². The fourth-order valence-electron chi connectivity index (χ4n) is 2.66. The predicted molar refractivity (Wildman–Crippen MR) is 76.1 cm³/mol. The second-order valence-electron chi connectivity index (χ2n) is 4.81. The lowest BCUT2D eigenvalue weighted by Gasteiger charge is -2.30. The highest BCUT2D eigenvalue weighted by atomic mass is 19.1. The second-order valence-corrected chi connectivity index (χ2v) is 4.81. The number of carbonyl (C=O) groups excluding carboxylic acids is 1. The summed E-state index contributed by atoms with van der Waals surface area (Å²) in [6.07, 6.45) is 0.766. The van der Waals surface area contributed by atoms with Crippen LogP contribution < -0.4 is 10.6 Å². The van der Waals surface area contributed by atoms with E-state index in [1.807, 2.05) is 24.3 Å². The Bertz CT molecular complexity index is 669. The minimum absolute atomic E-state index is 0.0768. The Morgan fingerprint density at radius 2 is 1.95 bits per heavy atom. The van der Waals surface area contributed by atoms with Gasteiger partial charge in [-0.25, -0.2) is 4.39 Å². The van der Waals surface area contributed by atoms with Crippen molar-refractivity contribution in [1.82, 2.24) is 0 Å². The summed E-state index contributed by atoms with van der Waals surface area (Å²) in [5.41, 5.74) is 8.31. The van der Waals surface area contributed by atoms with Crippen molar-refractivity contribution in [1.29, 1.82) is 0 Å². The summed E-state index contributed by atoms with van der Waals surface area (Å²) in [7, 11) is 0. The summed E-state index contributed by atoms with van der Waals surface area (Å²) in [5.74, 6) is -0.455. The van der Waals surface area contributed by atoms with Crippen molar-refractivity contribution in [3.05, 3.63) is 65.0 Å². The highest BCUT2D eigenvalue weighted by molar-refractivity contribution is 6.08. The van der Waals surface area contributed by atoms with Crippen LogP contribution in [-0.2, 0) is 13.0 Å². The Labute approximate surface area is 116 Å². The fraction of sp³-hybridized carbons (Fsp3) is 0.188. The molecule has 0 atom stereocenters. The molecule has 4 heteroatoms. The number of halogens is 1. The third-order valence-corrected chi connectivity index (χ3v) is 3.69. The van der Waals surface area contributed by atoms with Crippen LogP contribution in [0.1, 0.15) is 21.5 Å². The minimum atomic E-state index is -0.364. The van der Waals surface area contributed by atoms with Gasteiger partial charge in [-0.1, -0.05) is 24.3 Å². The predicted octanol–water partition coefficient (Wildman–Crippen LogP) is 2.49. The molecule has 0 saturated heterocycles. The first-order valence-electron chi connectivity index (χ1n) is 6.59. The van der Waals surface area contributed by atoms with Crippen molar-refractivity contribution in [2.45, 2.75) is 13.0 Å². The standard InChI is InChI=1S/C16H15FN2O/c17-14-6-3-7-15(13(14)10-18)19-9-8-11-4-1-2-5-12(11)16(19)20/h1-7H,8-10,18H2. The third-order valence-electron chi connectivity index (χ3n) is 3.69. The highest BCUT2D eigenvalue weighted by Gasteiger charge is 2.26. The van der Waals surface area contributed by atoms with E-state index >= 15 is 0 Å². The van der Waals surface area contributed by atoms with E-state index in [9.17, 15) is 9.18 Å². The average Bonchev–Trinajstić information content (AvgIpc) is 2.48. The van der Waals surface area contributed by atoms with Crippen molar-refractivity contribution in [2.24, 2.45) is 5.73 Å². The monoisotopic (exact) mass is 270 g/mol. The Balaban J connectivity index is 2.06. The Morgan fingerprint density at radius 1 is 1.15 bits per heavy atom. The van der Waals surface area contributed by atoms with Gasteiger partial charge in [0.05, 0.1) is 5.69 Å². The third kappa shape index (κ3) is 1.98. The number of amides is 1. The molecule has 2 N–H and O–H groups in total. The quantitative estimate of drug-likeness (QED) is 0.911. The molecule has 102 valence electrons. The number of benzene rings is 2. The van der Waals surface area contributed by atoms with E-state index in [2.05, 4.69) is 0 Å². The van der Waals surface area contributed by atoms with Gasteiger partial charge in [0.15, 0.2) is 0 Å². The maximum atomic E-state index is 13.8. The van der Waals surface area contributed by atoms with E-state index in [-0.39, 0.29) is 18.3 Å². The van der Waals surface area contributed by atoms with E-state index in [1.165, 1.54) is 6.07 Å². The summed E-state index contributed by atoms with van der Waals surface area (Å²) < 4.78 is 13.8. The normalized spacial score (nSPS) is 14.3. The van der Waals surface area contributed by atoms with Crippen LogP contribution in [-0.4, -0.2) is 12.5 Å².